The molecule has 6 rings (SSSR count). The number of halogens is 3. The smallest absolute Gasteiger partial charge is 0.406 e. The summed E-state index contributed by atoms with van der Waals surface area (Å²) in [6, 6.07) is 14.5. The van der Waals surface area contributed by atoms with Gasteiger partial charge in [0.25, 0.3) is 0 Å². The fourth-order valence-corrected chi connectivity index (χ4v) is 8.99. The highest BCUT2D eigenvalue weighted by molar-refractivity contribution is 5.75. The molecule has 0 aromatic heterocycles. The summed E-state index contributed by atoms with van der Waals surface area (Å²) in [5.41, 5.74) is 2.69. The number of hydrogen-bond donors (Lipinski definition) is 3. The lowest BCUT2D eigenvalue weighted by atomic mass is 9.50. The molecule has 0 heterocycles. The third kappa shape index (κ3) is 6.08. The van der Waals surface area contributed by atoms with E-state index in [9.17, 15) is 28.2 Å². The van der Waals surface area contributed by atoms with Crippen LogP contribution in [0, 0.1) is 22.7 Å². The van der Waals surface area contributed by atoms with Gasteiger partial charge in [-0.3, -0.25) is 0 Å². The lowest BCUT2D eigenvalue weighted by molar-refractivity contribution is -0.274. The number of aliphatic hydroxyl groups excluding tert-OH is 1. The molecular weight excluding hydrogens is 593 g/mol. The van der Waals surface area contributed by atoms with E-state index in [1.54, 1.807) is 4.90 Å². The predicted molar refractivity (Wildman–Crippen MR) is 170 cm³/mol. The number of rotatable bonds is 7. The number of amides is 2. The number of carbonyl (C=O) groups is 1. The van der Waals surface area contributed by atoms with E-state index in [2.05, 4.69) is 36.1 Å². The van der Waals surface area contributed by atoms with Crippen molar-refractivity contribution in [3.63, 3.8) is 0 Å². The second-order valence-electron chi connectivity index (χ2n) is 14.4. The van der Waals surface area contributed by atoms with Crippen LogP contribution < -0.4 is 10.1 Å². The van der Waals surface area contributed by atoms with E-state index in [1.807, 2.05) is 37.3 Å². The van der Waals surface area contributed by atoms with Gasteiger partial charge in [-0.1, -0.05) is 79.6 Å². The lowest BCUT2D eigenvalue weighted by Gasteiger charge is -2.56. The molecule has 3 N–H and O–H groups in total. The predicted octanol–water partition coefficient (Wildman–Crippen LogP) is 7.83. The van der Waals surface area contributed by atoms with Crippen LogP contribution in [0.2, 0.25) is 0 Å². The Labute approximate surface area is 269 Å². The maximum atomic E-state index is 13.9. The van der Waals surface area contributed by atoms with Gasteiger partial charge in [-0.15, -0.1) is 13.2 Å². The summed E-state index contributed by atoms with van der Waals surface area (Å²) >= 11 is 0. The minimum Gasteiger partial charge on any atom is -0.406 e. The molecular formula is C37H45F3N2O4. The third-order valence-corrected chi connectivity index (χ3v) is 11.8. The largest absolute Gasteiger partial charge is 0.573 e. The van der Waals surface area contributed by atoms with Crippen LogP contribution in [0.3, 0.4) is 0 Å². The molecule has 0 unspecified atom stereocenters. The minimum atomic E-state index is -4.79. The lowest BCUT2D eigenvalue weighted by Crippen LogP contribution is -2.57. The summed E-state index contributed by atoms with van der Waals surface area (Å²) in [7, 11) is 0. The molecule has 0 saturated heterocycles. The van der Waals surface area contributed by atoms with Crippen molar-refractivity contribution in [3.8, 4) is 5.75 Å². The molecule has 0 bridgehead atoms. The summed E-state index contributed by atoms with van der Waals surface area (Å²) in [6.07, 6.45) is 4.99. The Balaban J connectivity index is 1.26. The molecule has 2 aromatic carbocycles. The van der Waals surface area contributed by atoms with Crippen molar-refractivity contribution >= 4 is 6.03 Å². The van der Waals surface area contributed by atoms with Crippen molar-refractivity contribution < 1.29 is 32.9 Å². The van der Waals surface area contributed by atoms with Crippen LogP contribution in [-0.2, 0) is 6.54 Å². The van der Waals surface area contributed by atoms with Gasteiger partial charge in [0.1, 0.15) is 5.75 Å². The van der Waals surface area contributed by atoms with Gasteiger partial charge in [0.15, 0.2) is 0 Å². The number of hydrogen-bond acceptors (Lipinski definition) is 4. The second-order valence-corrected chi connectivity index (χ2v) is 14.4. The normalized spacial score (nSPS) is 32.7. The highest BCUT2D eigenvalue weighted by Gasteiger charge is 2.62. The van der Waals surface area contributed by atoms with Crippen molar-refractivity contribution in [2.45, 2.75) is 96.4 Å². The quantitative estimate of drug-likeness (QED) is 0.289. The van der Waals surface area contributed by atoms with Gasteiger partial charge in [-0.25, -0.2) is 4.79 Å². The van der Waals surface area contributed by atoms with E-state index in [0.717, 1.165) is 44.1 Å². The molecule has 3 fully saturated rings. The highest BCUT2D eigenvalue weighted by atomic mass is 19.4. The molecule has 248 valence electrons. The maximum absolute atomic E-state index is 13.9. The first kappa shape index (κ1) is 32.6. The van der Waals surface area contributed by atoms with Gasteiger partial charge in [0, 0.05) is 12.0 Å². The number of benzene rings is 2. The zero-order valence-electron chi connectivity index (χ0n) is 26.8. The molecule has 7 atom stereocenters. The zero-order valence-corrected chi connectivity index (χ0v) is 26.8. The molecule has 2 aromatic rings. The Morgan fingerprint density at radius 1 is 1.00 bits per heavy atom. The molecule has 4 aliphatic rings. The molecule has 0 radical (unpaired) electrons. The van der Waals surface area contributed by atoms with Crippen LogP contribution >= 0.6 is 0 Å². The van der Waals surface area contributed by atoms with E-state index in [-0.39, 0.29) is 48.3 Å². The first-order valence-electron chi connectivity index (χ1n) is 16.5. The molecule has 46 heavy (non-hydrogen) atoms. The summed E-state index contributed by atoms with van der Waals surface area (Å²) in [6.45, 7) is 6.62. The van der Waals surface area contributed by atoms with Gasteiger partial charge < -0.3 is 25.2 Å². The van der Waals surface area contributed by atoms with Gasteiger partial charge in [0.05, 0.1) is 24.3 Å². The fourth-order valence-electron chi connectivity index (χ4n) is 8.99. The molecule has 9 heteroatoms. The molecule has 0 aliphatic heterocycles. The monoisotopic (exact) mass is 638 g/mol. The Bertz CT molecular complexity index is 1490. The SMILES string of the molecule is C[C@@H](NC(=O)N(Cc1ccc(OC(F)(F)F)cc1)C[C@]1(O)CC[C@H]2C3=CC=C4C[C@@H](O)CC[C@]4(C)[C@H]3CC[C@@]21C)c1ccccc1. The first-order chi connectivity index (χ1) is 21.7. The number of ether oxygens (including phenoxy) is 1. The standard InChI is InChI=1S/C37H45F3N2O4/c1-24(26-7-5-4-6-8-26)41-33(44)42(22-25-9-12-29(13-10-25)46-37(38,39)40)23-36(45)20-17-32-30-14-11-27-21-28(43)15-18-34(27,2)31(30)16-19-35(32,36)3/h4-14,24,28,31-32,43,45H,15-23H2,1-3H3,(H,41,44)/t24-,28+,31+,32+,34+,35+,36-/m1/s1. The van der Waals surface area contributed by atoms with E-state index in [0.29, 0.717) is 17.9 Å². The van der Waals surface area contributed by atoms with E-state index < -0.39 is 17.4 Å². The average molecular weight is 639 g/mol. The van der Waals surface area contributed by atoms with Gasteiger partial charge in [-0.05, 0) is 92.4 Å². The van der Waals surface area contributed by atoms with Crippen molar-refractivity contribution in [1.29, 1.82) is 0 Å². The number of nitrogens with one attached hydrogen (secondary N) is 1. The molecule has 4 aliphatic carbocycles. The van der Waals surface area contributed by atoms with E-state index >= 15 is 0 Å². The fraction of sp³-hybridized carbons (Fsp3) is 0.541. The van der Waals surface area contributed by atoms with Crippen molar-refractivity contribution in [2.75, 3.05) is 6.54 Å². The van der Waals surface area contributed by atoms with Gasteiger partial charge >= 0.3 is 12.4 Å². The van der Waals surface area contributed by atoms with Gasteiger partial charge in [0.2, 0.25) is 0 Å². The zero-order chi connectivity index (χ0) is 32.9. The van der Waals surface area contributed by atoms with Crippen LogP contribution in [0.1, 0.15) is 82.9 Å². The van der Waals surface area contributed by atoms with Crippen molar-refractivity contribution in [3.05, 3.63) is 89.0 Å². The first-order valence-corrected chi connectivity index (χ1v) is 16.5. The Hall–Kier alpha value is -3.30. The van der Waals surface area contributed by atoms with E-state index in [1.165, 1.54) is 35.4 Å². The Morgan fingerprint density at radius 2 is 1.70 bits per heavy atom. The number of allylic oxidation sites excluding steroid dienone is 3. The van der Waals surface area contributed by atoms with Crippen LogP contribution in [-0.4, -0.2) is 45.8 Å². The number of fused-ring (bicyclic) bond motifs is 5. The summed E-state index contributed by atoms with van der Waals surface area (Å²) in [5.74, 6) is 0.222. The summed E-state index contributed by atoms with van der Waals surface area (Å²) < 4.78 is 42.3. The minimum absolute atomic E-state index is 0.0207. The van der Waals surface area contributed by atoms with Crippen molar-refractivity contribution in [2.24, 2.45) is 22.7 Å². The molecule has 6 nitrogen and oxygen atoms in total. The van der Waals surface area contributed by atoms with Crippen LogP contribution in [0.15, 0.2) is 77.9 Å². The van der Waals surface area contributed by atoms with Gasteiger partial charge in [-0.2, -0.15) is 0 Å². The van der Waals surface area contributed by atoms with Crippen LogP contribution in [0.5, 0.6) is 5.75 Å². The maximum Gasteiger partial charge on any atom is 0.573 e. The number of alkyl halides is 3. The molecule has 2 amide bonds. The van der Waals surface area contributed by atoms with E-state index in [4.69, 9.17) is 0 Å². The number of aliphatic hydroxyl groups is 2. The topological polar surface area (TPSA) is 82.0 Å². The molecule has 0 spiro atoms. The number of carbonyl (C=O) groups excluding carboxylic acids is 1. The van der Waals surface area contributed by atoms with Crippen molar-refractivity contribution in [1.82, 2.24) is 10.2 Å². The van der Waals surface area contributed by atoms with Crippen LogP contribution in [0.25, 0.3) is 0 Å². The Kier molecular flexibility index (Phi) is 8.55. The molecule has 3 saturated carbocycles. The summed E-state index contributed by atoms with van der Waals surface area (Å²) in [4.78, 5) is 15.5. The Morgan fingerprint density at radius 3 is 2.39 bits per heavy atom. The summed E-state index contributed by atoms with van der Waals surface area (Å²) in [5, 5.41) is 26.0. The number of nitrogens with zero attached hydrogens (tertiary/aromatic N) is 1. The second kappa shape index (κ2) is 12.1. The highest BCUT2D eigenvalue weighted by Crippen LogP contribution is 2.66. The third-order valence-electron chi connectivity index (χ3n) is 11.8. The van der Waals surface area contributed by atoms with Crippen LogP contribution in [0.4, 0.5) is 18.0 Å². The average Bonchev–Trinajstić information content (AvgIpc) is 3.27. The number of urea groups is 1.